The minimum Gasteiger partial charge on any atom is -0.478 e. The Kier molecular flexibility index (Phi) is 6.14. The summed E-state index contributed by atoms with van der Waals surface area (Å²) in [5.74, 6) is -1.21. The van der Waals surface area contributed by atoms with E-state index >= 15 is 0 Å². The Bertz CT molecular complexity index is 940. The summed E-state index contributed by atoms with van der Waals surface area (Å²) in [5.41, 5.74) is 0.720. The molecule has 8 heteroatoms. The van der Waals surface area contributed by atoms with Crippen molar-refractivity contribution in [2.45, 2.75) is 52.7 Å². The van der Waals surface area contributed by atoms with Gasteiger partial charge in [0.1, 0.15) is 11.4 Å². The van der Waals surface area contributed by atoms with E-state index in [-0.39, 0.29) is 11.7 Å². The maximum atomic E-state index is 14.0. The Balaban J connectivity index is 1.65. The predicted octanol–water partition coefficient (Wildman–Crippen LogP) is 4.34. The number of carbonyl (C=O) groups excluding carboxylic acids is 1. The van der Waals surface area contributed by atoms with Crippen molar-refractivity contribution >= 4 is 12.1 Å². The van der Waals surface area contributed by atoms with Crippen LogP contribution in [0.15, 0.2) is 24.5 Å². The van der Waals surface area contributed by atoms with E-state index < -0.39 is 17.4 Å². The molecule has 1 N–H and O–H groups in total. The van der Waals surface area contributed by atoms with Crippen LogP contribution < -0.4 is 0 Å². The predicted molar refractivity (Wildman–Crippen MR) is 110 cm³/mol. The number of carboxylic acid groups (broad SMARTS) is 1. The van der Waals surface area contributed by atoms with Crippen molar-refractivity contribution in [1.82, 2.24) is 14.7 Å². The lowest BCUT2D eigenvalue weighted by molar-refractivity contribution is 0.0177. The number of ether oxygens (including phenoxy) is 1. The lowest BCUT2D eigenvalue weighted by Gasteiger charge is -2.33. The Hall–Kier alpha value is -2.90. The molecule has 0 atom stereocenters. The van der Waals surface area contributed by atoms with Gasteiger partial charge in [-0.2, -0.15) is 5.10 Å². The third kappa shape index (κ3) is 5.17. The SMILES string of the molecule is Cc1cc(C(=O)O)c(-c2cnn(CC3CCN(C(=O)OC(C)(C)C)CC3)c2)cc1F. The number of aryl methyl sites for hydroxylation is 1. The number of halogens is 1. The molecule has 0 radical (unpaired) electrons. The van der Waals surface area contributed by atoms with Crippen LogP contribution >= 0.6 is 0 Å². The molecular formula is C22H28FN3O4. The van der Waals surface area contributed by atoms with Crippen molar-refractivity contribution in [2.75, 3.05) is 13.1 Å². The molecule has 1 saturated heterocycles. The van der Waals surface area contributed by atoms with Crippen molar-refractivity contribution < 1.29 is 23.8 Å². The van der Waals surface area contributed by atoms with E-state index in [2.05, 4.69) is 5.10 Å². The number of likely N-dealkylation sites (tertiary alicyclic amines) is 1. The van der Waals surface area contributed by atoms with Crippen molar-refractivity contribution in [2.24, 2.45) is 5.92 Å². The van der Waals surface area contributed by atoms with Gasteiger partial charge in [0.2, 0.25) is 0 Å². The molecule has 162 valence electrons. The standard InChI is InChI=1S/C22H28FN3O4/c1-14-9-18(20(27)28)17(10-19(14)23)16-11-24-26(13-16)12-15-5-7-25(8-6-15)21(29)30-22(2,3)4/h9-11,13,15H,5-8,12H2,1-4H3,(H,27,28). The third-order valence-corrected chi connectivity index (χ3v) is 5.18. The van der Waals surface area contributed by atoms with Crippen molar-refractivity contribution in [1.29, 1.82) is 0 Å². The van der Waals surface area contributed by atoms with Gasteiger partial charge < -0.3 is 14.7 Å². The van der Waals surface area contributed by atoms with Gasteiger partial charge in [0.05, 0.1) is 11.8 Å². The van der Waals surface area contributed by atoms with Gasteiger partial charge in [0.25, 0.3) is 0 Å². The summed E-state index contributed by atoms with van der Waals surface area (Å²) in [5, 5.41) is 13.8. The molecule has 0 saturated carbocycles. The van der Waals surface area contributed by atoms with Gasteiger partial charge in [-0.15, -0.1) is 0 Å². The number of hydrogen-bond acceptors (Lipinski definition) is 4. The van der Waals surface area contributed by atoms with Crippen molar-refractivity contribution in [3.05, 3.63) is 41.5 Å². The molecule has 30 heavy (non-hydrogen) atoms. The second-order valence-electron chi connectivity index (χ2n) is 8.81. The van der Waals surface area contributed by atoms with Crippen LogP contribution in [0.25, 0.3) is 11.1 Å². The number of aromatic carboxylic acids is 1. The molecule has 0 unspecified atom stereocenters. The maximum Gasteiger partial charge on any atom is 0.410 e. The van der Waals surface area contributed by atoms with Crippen LogP contribution in [-0.2, 0) is 11.3 Å². The molecule has 1 amide bonds. The maximum absolute atomic E-state index is 14.0. The lowest BCUT2D eigenvalue weighted by Crippen LogP contribution is -2.42. The van der Waals surface area contributed by atoms with E-state index in [4.69, 9.17) is 4.74 Å². The number of nitrogens with zero attached hydrogens (tertiary/aromatic N) is 3. The molecule has 1 aliphatic heterocycles. The average Bonchev–Trinajstić information content (AvgIpc) is 3.11. The molecule has 2 heterocycles. The summed E-state index contributed by atoms with van der Waals surface area (Å²) < 4.78 is 21.2. The molecule has 1 aromatic heterocycles. The van der Waals surface area contributed by atoms with Gasteiger partial charge in [0, 0.05) is 37.0 Å². The topological polar surface area (TPSA) is 84.7 Å². The van der Waals surface area contributed by atoms with Crippen LogP contribution in [0.2, 0.25) is 0 Å². The highest BCUT2D eigenvalue weighted by molar-refractivity contribution is 5.96. The van der Waals surface area contributed by atoms with E-state index in [0.29, 0.717) is 42.2 Å². The van der Waals surface area contributed by atoms with Crippen molar-refractivity contribution in [3.8, 4) is 11.1 Å². The van der Waals surface area contributed by atoms with Crippen LogP contribution in [-0.4, -0.2) is 50.5 Å². The Morgan fingerprint density at radius 2 is 1.93 bits per heavy atom. The number of rotatable bonds is 4. The minimum atomic E-state index is -1.10. The summed E-state index contributed by atoms with van der Waals surface area (Å²) in [7, 11) is 0. The number of carbonyl (C=O) groups is 2. The van der Waals surface area contributed by atoms with Crippen LogP contribution in [0.4, 0.5) is 9.18 Å². The monoisotopic (exact) mass is 417 g/mol. The fourth-order valence-corrected chi connectivity index (χ4v) is 3.59. The van der Waals surface area contributed by atoms with E-state index in [1.165, 1.54) is 12.1 Å². The first-order valence-electron chi connectivity index (χ1n) is 10.1. The summed E-state index contributed by atoms with van der Waals surface area (Å²) in [6.45, 7) is 8.99. The number of hydrogen-bond donors (Lipinski definition) is 1. The summed E-state index contributed by atoms with van der Waals surface area (Å²) in [6.07, 6.45) is 4.68. The molecule has 7 nitrogen and oxygen atoms in total. The lowest BCUT2D eigenvalue weighted by atomic mass is 9.97. The highest BCUT2D eigenvalue weighted by atomic mass is 19.1. The van der Waals surface area contributed by atoms with Gasteiger partial charge in [-0.1, -0.05) is 0 Å². The summed E-state index contributed by atoms with van der Waals surface area (Å²) in [4.78, 5) is 25.5. The first kappa shape index (κ1) is 21.8. The van der Waals surface area contributed by atoms with E-state index in [1.807, 2.05) is 20.8 Å². The largest absolute Gasteiger partial charge is 0.478 e. The number of aromatic nitrogens is 2. The molecule has 2 aromatic rings. The second kappa shape index (κ2) is 8.45. The molecule has 3 rings (SSSR count). The second-order valence-corrected chi connectivity index (χ2v) is 8.81. The van der Waals surface area contributed by atoms with E-state index in [9.17, 15) is 19.1 Å². The summed E-state index contributed by atoms with van der Waals surface area (Å²) in [6, 6.07) is 2.59. The Morgan fingerprint density at radius 3 is 2.53 bits per heavy atom. The van der Waals surface area contributed by atoms with Crippen LogP contribution in [0, 0.1) is 18.7 Å². The Labute approximate surface area is 175 Å². The Morgan fingerprint density at radius 1 is 1.27 bits per heavy atom. The average molecular weight is 417 g/mol. The zero-order valence-electron chi connectivity index (χ0n) is 17.8. The fraction of sp³-hybridized carbons (Fsp3) is 0.500. The highest BCUT2D eigenvalue weighted by Crippen LogP contribution is 2.27. The van der Waals surface area contributed by atoms with Crippen LogP contribution in [0.3, 0.4) is 0 Å². The summed E-state index contributed by atoms with van der Waals surface area (Å²) >= 11 is 0. The zero-order chi connectivity index (χ0) is 22.1. The minimum absolute atomic E-state index is 0.0547. The van der Waals surface area contributed by atoms with Crippen molar-refractivity contribution in [3.63, 3.8) is 0 Å². The van der Waals surface area contributed by atoms with Gasteiger partial charge in [0.15, 0.2) is 0 Å². The van der Waals surface area contributed by atoms with Gasteiger partial charge in [-0.05, 0) is 64.2 Å². The third-order valence-electron chi connectivity index (χ3n) is 5.18. The fourth-order valence-electron chi connectivity index (χ4n) is 3.59. The first-order chi connectivity index (χ1) is 14.0. The molecule has 1 aliphatic rings. The first-order valence-corrected chi connectivity index (χ1v) is 10.1. The number of piperidine rings is 1. The molecule has 0 spiro atoms. The number of carboxylic acids is 1. The van der Waals surface area contributed by atoms with E-state index in [1.54, 1.807) is 28.9 Å². The molecule has 0 aliphatic carbocycles. The molecular weight excluding hydrogens is 389 g/mol. The van der Waals surface area contributed by atoms with Crippen LogP contribution in [0.1, 0.15) is 49.5 Å². The molecule has 1 aromatic carbocycles. The normalized spacial score (nSPS) is 15.3. The zero-order valence-corrected chi connectivity index (χ0v) is 17.8. The van der Waals surface area contributed by atoms with Gasteiger partial charge in [-0.3, -0.25) is 4.68 Å². The smallest absolute Gasteiger partial charge is 0.410 e. The molecule has 1 fully saturated rings. The highest BCUT2D eigenvalue weighted by Gasteiger charge is 2.27. The van der Waals surface area contributed by atoms with Crippen LogP contribution in [0.5, 0.6) is 0 Å². The van der Waals surface area contributed by atoms with Gasteiger partial charge >= 0.3 is 12.1 Å². The quantitative estimate of drug-likeness (QED) is 0.800. The van der Waals surface area contributed by atoms with E-state index in [0.717, 1.165) is 12.8 Å². The number of benzene rings is 1. The number of amides is 1. The van der Waals surface area contributed by atoms with Gasteiger partial charge in [-0.25, -0.2) is 14.0 Å². The molecule has 0 bridgehead atoms.